The first-order chi connectivity index (χ1) is 7.79. The number of aromatic nitrogens is 2. The molecular weight excluding hydrogens is 242 g/mol. The standard InChI is InChI=1S/C11H6ClN3S/c12-9-1-2-11(15-6-9)16-10-7-14-4-3-8(10)5-13/h1-4,6-7H. The Labute approximate surface area is 102 Å². The van der Waals surface area contributed by atoms with Crippen LogP contribution in [-0.2, 0) is 0 Å². The molecule has 0 amide bonds. The van der Waals surface area contributed by atoms with Gasteiger partial charge in [0.1, 0.15) is 11.1 Å². The Morgan fingerprint density at radius 2 is 2.12 bits per heavy atom. The van der Waals surface area contributed by atoms with Gasteiger partial charge in [-0.1, -0.05) is 23.4 Å². The molecule has 0 aliphatic rings. The van der Waals surface area contributed by atoms with E-state index in [9.17, 15) is 0 Å². The lowest BCUT2D eigenvalue weighted by atomic mass is 10.3. The van der Waals surface area contributed by atoms with E-state index in [-0.39, 0.29) is 0 Å². The van der Waals surface area contributed by atoms with Gasteiger partial charge >= 0.3 is 0 Å². The minimum Gasteiger partial charge on any atom is -0.263 e. The molecular formula is C11H6ClN3S. The molecule has 0 saturated heterocycles. The van der Waals surface area contributed by atoms with Crippen LogP contribution in [0.4, 0.5) is 0 Å². The third kappa shape index (κ3) is 2.51. The zero-order valence-electron chi connectivity index (χ0n) is 8.09. The highest BCUT2D eigenvalue weighted by atomic mass is 35.5. The number of hydrogen-bond acceptors (Lipinski definition) is 4. The van der Waals surface area contributed by atoms with E-state index in [0.29, 0.717) is 10.6 Å². The summed E-state index contributed by atoms with van der Waals surface area (Å²) in [6, 6.07) is 7.36. The number of pyridine rings is 2. The molecule has 0 atom stereocenters. The fourth-order valence-corrected chi connectivity index (χ4v) is 2.00. The SMILES string of the molecule is N#Cc1ccncc1Sc1ccc(Cl)cn1. The molecule has 2 heterocycles. The minimum absolute atomic E-state index is 0.594. The predicted octanol–water partition coefficient (Wildman–Crippen LogP) is 3.15. The summed E-state index contributed by atoms with van der Waals surface area (Å²) in [5.74, 6) is 0. The maximum absolute atomic E-state index is 8.91. The molecule has 0 aromatic carbocycles. The molecule has 5 heteroatoms. The van der Waals surface area contributed by atoms with Gasteiger partial charge in [-0.2, -0.15) is 5.26 Å². The molecule has 0 bridgehead atoms. The van der Waals surface area contributed by atoms with Crippen LogP contribution in [0.5, 0.6) is 0 Å². The van der Waals surface area contributed by atoms with Crippen LogP contribution in [0.25, 0.3) is 0 Å². The largest absolute Gasteiger partial charge is 0.263 e. The fraction of sp³-hybridized carbons (Fsp3) is 0. The van der Waals surface area contributed by atoms with Crippen molar-refractivity contribution in [3.05, 3.63) is 47.4 Å². The molecule has 0 fully saturated rings. The highest BCUT2D eigenvalue weighted by molar-refractivity contribution is 7.99. The number of hydrogen-bond donors (Lipinski definition) is 0. The van der Waals surface area contributed by atoms with Crippen molar-refractivity contribution in [2.24, 2.45) is 0 Å². The molecule has 0 spiro atoms. The van der Waals surface area contributed by atoms with Crippen LogP contribution in [0, 0.1) is 11.3 Å². The Bertz CT molecular complexity index is 534. The Hall–Kier alpha value is -1.57. The minimum atomic E-state index is 0.594. The Balaban J connectivity index is 2.27. The molecule has 0 aliphatic heterocycles. The van der Waals surface area contributed by atoms with Gasteiger partial charge in [-0.3, -0.25) is 4.98 Å². The van der Waals surface area contributed by atoms with Crippen molar-refractivity contribution in [2.75, 3.05) is 0 Å². The molecule has 0 radical (unpaired) electrons. The molecule has 0 unspecified atom stereocenters. The molecule has 0 aliphatic carbocycles. The van der Waals surface area contributed by atoms with Gasteiger partial charge in [-0.15, -0.1) is 0 Å². The third-order valence-corrected chi connectivity index (χ3v) is 3.04. The third-order valence-electron chi connectivity index (χ3n) is 1.82. The normalized spacial score (nSPS) is 9.75. The highest BCUT2D eigenvalue weighted by Crippen LogP contribution is 2.28. The van der Waals surface area contributed by atoms with Gasteiger partial charge < -0.3 is 0 Å². The number of nitriles is 1. The lowest BCUT2D eigenvalue weighted by molar-refractivity contribution is 1.12. The molecule has 2 aromatic rings. The Morgan fingerprint density at radius 1 is 1.25 bits per heavy atom. The van der Waals surface area contributed by atoms with Gasteiger partial charge in [-0.05, 0) is 18.2 Å². The quantitative estimate of drug-likeness (QED) is 0.818. The summed E-state index contributed by atoms with van der Waals surface area (Å²) in [5, 5.41) is 10.3. The zero-order chi connectivity index (χ0) is 11.4. The summed E-state index contributed by atoms with van der Waals surface area (Å²) in [6.45, 7) is 0. The lowest BCUT2D eigenvalue weighted by Crippen LogP contribution is -1.84. The number of nitrogens with zero attached hydrogens (tertiary/aromatic N) is 3. The van der Waals surface area contributed by atoms with Crippen LogP contribution in [0.3, 0.4) is 0 Å². The summed E-state index contributed by atoms with van der Waals surface area (Å²) < 4.78 is 0. The fourth-order valence-electron chi connectivity index (χ4n) is 1.09. The first kappa shape index (κ1) is 10.9. The van der Waals surface area contributed by atoms with E-state index in [1.54, 1.807) is 36.8 Å². The van der Waals surface area contributed by atoms with E-state index in [0.717, 1.165) is 9.92 Å². The van der Waals surface area contributed by atoms with Crippen molar-refractivity contribution in [3.8, 4) is 6.07 Å². The van der Waals surface area contributed by atoms with E-state index in [1.165, 1.54) is 11.8 Å². The van der Waals surface area contributed by atoms with E-state index in [1.807, 2.05) is 0 Å². The second kappa shape index (κ2) is 4.97. The van der Waals surface area contributed by atoms with Crippen molar-refractivity contribution < 1.29 is 0 Å². The molecule has 2 rings (SSSR count). The second-order valence-corrected chi connectivity index (χ2v) is 4.40. The highest BCUT2D eigenvalue weighted by Gasteiger charge is 2.04. The monoisotopic (exact) mass is 247 g/mol. The lowest BCUT2D eigenvalue weighted by Gasteiger charge is -2.01. The van der Waals surface area contributed by atoms with E-state index >= 15 is 0 Å². The molecule has 3 nitrogen and oxygen atoms in total. The average molecular weight is 248 g/mol. The van der Waals surface area contributed by atoms with Gasteiger partial charge in [0.15, 0.2) is 0 Å². The van der Waals surface area contributed by atoms with E-state index in [4.69, 9.17) is 16.9 Å². The smallest absolute Gasteiger partial charge is 0.101 e. The summed E-state index contributed by atoms with van der Waals surface area (Å²) in [4.78, 5) is 8.92. The first-order valence-corrected chi connectivity index (χ1v) is 5.62. The van der Waals surface area contributed by atoms with Crippen LogP contribution in [0.15, 0.2) is 46.7 Å². The molecule has 2 aromatic heterocycles. The average Bonchev–Trinajstić information content (AvgIpc) is 2.33. The van der Waals surface area contributed by atoms with Crippen LogP contribution in [0.1, 0.15) is 5.56 Å². The maximum Gasteiger partial charge on any atom is 0.101 e. The molecule has 16 heavy (non-hydrogen) atoms. The van der Waals surface area contributed by atoms with Gasteiger partial charge in [0.25, 0.3) is 0 Å². The number of halogens is 1. The van der Waals surface area contributed by atoms with Crippen LogP contribution in [-0.4, -0.2) is 9.97 Å². The van der Waals surface area contributed by atoms with Gasteiger partial charge in [0, 0.05) is 23.5 Å². The first-order valence-electron chi connectivity index (χ1n) is 4.43. The van der Waals surface area contributed by atoms with Crippen molar-refractivity contribution in [1.29, 1.82) is 5.26 Å². The van der Waals surface area contributed by atoms with Crippen LogP contribution >= 0.6 is 23.4 Å². The van der Waals surface area contributed by atoms with Crippen molar-refractivity contribution in [1.82, 2.24) is 9.97 Å². The topological polar surface area (TPSA) is 49.6 Å². The van der Waals surface area contributed by atoms with Gasteiger partial charge in [0.05, 0.1) is 10.6 Å². The van der Waals surface area contributed by atoms with Gasteiger partial charge in [0.2, 0.25) is 0 Å². The van der Waals surface area contributed by atoms with Crippen LogP contribution in [0.2, 0.25) is 5.02 Å². The number of rotatable bonds is 2. The summed E-state index contributed by atoms with van der Waals surface area (Å²) in [5.41, 5.74) is 0.594. The maximum atomic E-state index is 8.91. The van der Waals surface area contributed by atoms with Crippen molar-refractivity contribution in [3.63, 3.8) is 0 Å². The van der Waals surface area contributed by atoms with E-state index < -0.39 is 0 Å². The van der Waals surface area contributed by atoms with Crippen molar-refractivity contribution in [2.45, 2.75) is 9.92 Å². The summed E-state index contributed by atoms with van der Waals surface area (Å²) >= 11 is 7.13. The van der Waals surface area contributed by atoms with Crippen molar-refractivity contribution >= 4 is 23.4 Å². The second-order valence-electron chi connectivity index (χ2n) is 2.90. The Kier molecular flexibility index (Phi) is 3.40. The zero-order valence-corrected chi connectivity index (χ0v) is 9.66. The summed E-state index contributed by atoms with van der Waals surface area (Å²) in [6.07, 6.45) is 4.82. The predicted molar refractivity (Wildman–Crippen MR) is 62.3 cm³/mol. The van der Waals surface area contributed by atoms with Crippen LogP contribution < -0.4 is 0 Å². The molecule has 0 saturated carbocycles. The molecule has 0 N–H and O–H groups in total. The van der Waals surface area contributed by atoms with Gasteiger partial charge in [-0.25, -0.2) is 4.98 Å². The molecule has 78 valence electrons. The van der Waals surface area contributed by atoms with E-state index in [2.05, 4.69) is 16.0 Å². The summed E-state index contributed by atoms with van der Waals surface area (Å²) in [7, 11) is 0. The Morgan fingerprint density at radius 3 is 2.81 bits per heavy atom.